The number of likely N-dealkylation sites (N-methyl/N-ethyl adjacent to an activating group) is 2. The SMILES string of the molecule is CCNC(CCCCNC(=O)COCCOCCNC(=O)COCCOCCN(C)C(=O)CCCCCCCCCCCCCCCCC(=O)NC(CO)CO)C(C)=O. The predicted octanol–water partition coefficient (Wildman–Crippen LogP) is 3.19. The number of Topliss-reactive ketones (excluding diaryl/α,β-unsaturated/α-hetero) is 1. The maximum atomic E-state index is 12.4. The summed E-state index contributed by atoms with van der Waals surface area (Å²) in [4.78, 5) is 61.2. The molecule has 0 aliphatic carbocycles. The molecule has 0 aromatic heterocycles. The van der Waals surface area contributed by atoms with E-state index in [1.54, 1.807) is 18.9 Å². The van der Waals surface area contributed by atoms with Crippen molar-refractivity contribution in [1.82, 2.24) is 26.2 Å². The lowest BCUT2D eigenvalue weighted by Crippen LogP contribution is -2.39. The summed E-state index contributed by atoms with van der Waals surface area (Å²) in [6.07, 6.45) is 19.5. The molecule has 59 heavy (non-hydrogen) atoms. The van der Waals surface area contributed by atoms with Gasteiger partial charge in [0.15, 0.2) is 0 Å². The molecule has 346 valence electrons. The average molecular weight is 846 g/mol. The Balaban J connectivity index is 3.47. The number of ether oxygens (including phenoxy) is 4. The first-order valence-corrected chi connectivity index (χ1v) is 22.5. The molecule has 16 heteroatoms. The third-order valence-corrected chi connectivity index (χ3v) is 9.81. The zero-order valence-electron chi connectivity index (χ0n) is 37.0. The second-order valence-electron chi connectivity index (χ2n) is 15.1. The number of amides is 4. The number of nitrogens with zero attached hydrogens (tertiary/aromatic N) is 1. The molecular weight excluding hydrogens is 762 g/mol. The van der Waals surface area contributed by atoms with Crippen LogP contribution in [0.1, 0.15) is 136 Å². The van der Waals surface area contributed by atoms with E-state index in [-0.39, 0.29) is 75.1 Å². The Morgan fingerprint density at radius 1 is 0.559 bits per heavy atom. The third kappa shape index (κ3) is 38.0. The Morgan fingerprint density at radius 3 is 1.54 bits per heavy atom. The summed E-state index contributed by atoms with van der Waals surface area (Å²) >= 11 is 0. The molecule has 0 saturated carbocycles. The van der Waals surface area contributed by atoms with Gasteiger partial charge in [-0.05, 0) is 45.6 Å². The smallest absolute Gasteiger partial charge is 0.246 e. The van der Waals surface area contributed by atoms with E-state index in [4.69, 9.17) is 29.2 Å². The number of rotatable bonds is 44. The summed E-state index contributed by atoms with van der Waals surface area (Å²) in [5.41, 5.74) is 0. The number of aliphatic hydroxyl groups is 2. The van der Waals surface area contributed by atoms with Crippen molar-refractivity contribution in [3.8, 4) is 0 Å². The average Bonchev–Trinajstić information content (AvgIpc) is 3.22. The van der Waals surface area contributed by atoms with E-state index in [1.807, 2.05) is 6.92 Å². The van der Waals surface area contributed by atoms with Crippen LogP contribution in [0.15, 0.2) is 0 Å². The number of nitrogens with one attached hydrogen (secondary N) is 4. The van der Waals surface area contributed by atoms with Crippen molar-refractivity contribution >= 4 is 29.4 Å². The van der Waals surface area contributed by atoms with E-state index in [0.29, 0.717) is 58.9 Å². The summed E-state index contributed by atoms with van der Waals surface area (Å²) in [6, 6.07) is -0.677. The van der Waals surface area contributed by atoms with Crippen molar-refractivity contribution in [3.63, 3.8) is 0 Å². The lowest BCUT2D eigenvalue weighted by molar-refractivity contribution is -0.131. The fraction of sp³-hybridized carbons (Fsp3) is 0.884. The zero-order valence-corrected chi connectivity index (χ0v) is 37.0. The topological polar surface area (TPSA) is 214 Å². The van der Waals surface area contributed by atoms with Crippen LogP contribution in [0.4, 0.5) is 0 Å². The van der Waals surface area contributed by atoms with Gasteiger partial charge in [0.2, 0.25) is 23.6 Å². The summed E-state index contributed by atoms with van der Waals surface area (Å²) in [6.45, 7) is 6.95. The summed E-state index contributed by atoms with van der Waals surface area (Å²) in [7, 11) is 1.80. The first-order chi connectivity index (χ1) is 28.6. The third-order valence-electron chi connectivity index (χ3n) is 9.81. The maximum Gasteiger partial charge on any atom is 0.246 e. The maximum absolute atomic E-state index is 12.4. The molecule has 0 bridgehead atoms. The van der Waals surface area contributed by atoms with E-state index in [2.05, 4.69) is 21.3 Å². The van der Waals surface area contributed by atoms with Crippen LogP contribution in [0.5, 0.6) is 0 Å². The normalized spacial score (nSPS) is 11.8. The van der Waals surface area contributed by atoms with Gasteiger partial charge >= 0.3 is 0 Å². The second kappa shape index (κ2) is 42.0. The fourth-order valence-corrected chi connectivity index (χ4v) is 6.18. The molecule has 0 aliphatic rings. The predicted molar refractivity (Wildman–Crippen MR) is 229 cm³/mol. The molecular formula is C43H83N5O11. The van der Waals surface area contributed by atoms with E-state index in [0.717, 1.165) is 64.3 Å². The van der Waals surface area contributed by atoms with E-state index in [9.17, 15) is 24.0 Å². The van der Waals surface area contributed by atoms with Crippen molar-refractivity contribution in [2.24, 2.45) is 0 Å². The van der Waals surface area contributed by atoms with Gasteiger partial charge in [-0.1, -0.05) is 84.0 Å². The van der Waals surface area contributed by atoms with Crippen LogP contribution < -0.4 is 21.3 Å². The molecule has 0 spiro atoms. The first-order valence-electron chi connectivity index (χ1n) is 22.5. The number of carbonyl (C=O) groups excluding carboxylic acids is 5. The number of hydrogen-bond donors (Lipinski definition) is 6. The lowest BCUT2D eigenvalue weighted by atomic mass is 10.0. The highest BCUT2D eigenvalue weighted by Gasteiger charge is 2.12. The largest absolute Gasteiger partial charge is 0.394 e. The standard InChI is InChI=1S/C43H83N5O11/c1-4-44-39(37(2)51)21-19-20-24-45-41(53)35-58-31-29-56-27-25-46-42(54)36-59-32-30-57-28-26-48(3)43(55)23-18-16-14-12-10-8-6-5-7-9-11-13-15-17-22-40(52)47-38(33-49)34-50/h38-39,44,49-50H,4-36H2,1-3H3,(H,45,53)(H,46,54)(H,47,52). The Hall–Kier alpha value is -2.73. The summed E-state index contributed by atoms with van der Waals surface area (Å²) < 4.78 is 21.7. The van der Waals surface area contributed by atoms with E-state index < -0.39 is 6.04 Å². The van der Waals surface area contributed by atoms with Crippen molar-refractivity contribution in [2.45, 2.75) is 148 Å². The molecule has 4 amide bonds. The zero-order chi connectivity index (χ0) is 43.6. The Labute approximate surface area is 355 Å². The Kier molecular flexibility index (Phi) is 40.0. The second-order valence-corrected chi connectivity index (χ2v) is 15.1. The minimum Gasteiger partial charge on any atom is -0.394 e. The van der Waals surface area contributed by atoms with Crippen LogP contribution in [0.2, 0.25) is 0 Å². The first kappa shape index (κ1) is 56.3. The molecule has 0 radical (unpaired) electrons. The monoisotopic (exact) mass is 846 g/mol. The van der Waals surface area contributed by atoms with Crippen LogP contribution in [-0.4, -0.2) is 156 Å². The summed E-state index contributed by atoms with van der Waals surface area (Å²) in [5, 5.41) is 29.3. The highest BCUT2D eigenvalue weighted by molar-refractivity contribution is 5.81. The molecule has 0 rings (SSSR count). The quantitative estimate of drug-likeness (QED) is 0.0488. The van der Waals surface area contributed by atoms with Gasteiger partial charge in [-0.25, -0.2) is 0 Å². The van der Waals surface area contributed by atoms with Gasteiger partial charge < -0.3 is 55.3 Å². The van der Waals surface area contributed by atoms with Crippen LogP contribution in [0.25, 0.3) is 0 Å². The molecule has 0 aromatic carbocycles. The molecule has 0 aliphatic heterocycles. The van der Waals surface area contributed by atoms with Crippen LogP contribution in [-0.2, 0) is 42.9 Å². The van der Waals surface area contributed by atoms with Gasteiger partial charge in [0.25, 0.3) is 0 Å². The number of ketones is 1. The molecule has 0 saturated heterocycles. The minimum absolute atomic E-state index is 0.0492. The van der Waals surface area contributed by atoms with Gasteiger partial charge in [0.05, 0.1) is 64.9 Å². The Morgan fingerprint density at radius 2 is 1.03 bits per heavy atom. The van der Waals surface area contributed by atoms with E-state index >= 15 is 0 Å². The molecule has 0 fully saturated rings. The summed E-state index contributed by atoms with van der Waals surface area (Å²) in [5.74, 6) is -0.290. The fourth-order valence-electron chi connectivity index (χ4n) is 6.18. The van der Waals surface area contributed by atoms with Crippen LogP contribution >= 0.6 is 0 Å². The Bertz CT molecular complexity index is 1050. The molecule has 1 unspecified atom stereocenters. The van der Waals surface area contributed by atoms with Crippen molar-refractivity contribution in [3.05, 3.63) is 0 Å². The lowest BCUT2D eigenvalue weighted by Gasteiger charge is -2.17. The highest BCUT2D eigenvalue weighted by Crippen LogP contribution is 2.14. The molecule has 6 N–H and O–H groups in total. The van der Waals surface area contributed by atoms with Crippen LogP contribution in [0, 0.1) is 0 Å². The van der Waals surface area contributed by atoms with Crippen molar-refractivity contribution in [1.29, 1.82) is 0 Å². The molecule has 0 heterocycles. The molecule has 0 aromatic rings. The van der Waals surface area contributed by atoms with Crippen molar-refractivity contribution < 1.29 is 53.1 Å². The number of unbranched alkanes of at least 4 members (excludes halogenated alkanes) is 14. The van der Waals surface area contributed by atoms with Crippen molar-refractivity contribution in [2.75, 3.05) is 99.3 Å². The van der Waals surface area contributed by atoms with E-state index in [1.165, 1.54) is 51.4 Å². The van der Waals surface area contributed by atoms with Gasteiger partial charge in [-0.2, -0.15) is 0 Å². The highest BCUT2D eigenvalue weighted by atomic mass is 16.5. The molecule has 1 atom stereocenters. The minimum atomic E-state index is -0.555. The number of aliphatic hydroxyl groups excluding tert-OH is 2. The van der Waals surface area contributed by atoms with Crippen LogP contribution in [0.3, 0.4) is 0 Å². The van der Waals surface area contributed by atoms with Gasteiger partial charge in [-0.15, -0.1) is 0 Å². The number of carbonyl (C=O) groups is 5. The van der Waals surface area contributed by atoms with Gasteiger partial charge in [0.1, 0.15) is 19.0 Å². The number of hydrogen-bond acceptors (Lipinski definition) is 12. The van der Waals surface area contributed by atoms with Gasteiger partial charge in [0, 0.05) is 39.5 Å². The molecule has 16 nitrogen and oxygen atoms in total. The van der Waals surface area contributed by atoms with Gasteiger partial charge in [-0.3, -0.25) is 24.0 Å².